The first-order valence-electron chi connectivity index (χ1n) is 8.25. The van der Waals surface area contributed by atoms with Crippen molar-refractivity contribution < 1.29 is 9.26 Å². The smallest absolute Gasteiger partial charge is 0.228 e. The zero-order valence-corrected chi connectivity index (χ0v) is 13.8. The average molecular weight is 295 g/mol. The Bertz CT molecular complexity index is 419. The summed E-state index contributed by atoms with van der Waals surface area (Å²) in [5.74, 6) is 1.99. The van der Waals surface area contributed by atoms with E-state index in [0.29, 0.717) is 24.5 Å². The first kappa shape index (κ1) is 16.4. The highest BCUT2D eigenvalue weighted by atomic mass is 16.5. The molecular formula is C16H29N3O2. The first-order chi connectivity index (χ1) is 10.1. The van der Waals surface area contributed by atoms with Gasteiger partial charge in [-0.3, -0.25) is 0 Å². The largest absolute Gasteiger partial charge is 0.367 e. The minimum absolute atomic E-state index is 0.318. The topological polar surface area (TPSA) is 60.2 Å². The van der Waals surface area contributed by atoms with Crippen molar-refractivity contribution in [2.75, 3.05) is 13.7 Å². The van der Waals surface area contributed by atoms with Gasteiger partial charge in [-0.2, -0.15) is 4.98 Å². The SMILES string of the molecule is CCOC1(c2noc(CC(NC)C(C)C)n2)CCCCC1. The van der Waals surface area contributed by atoms with E-state index in [1.165, 1.54) is 19.3 Å². The summed E-state index contributed by atoms with van der Waals surface area (Å²) in [6.45, 7) is 7.12. The normalized spacial score (nSPS) is 19.9. The molecule has 1 fully saturated rings. The fraction of sp³-hybridized carbons (Fsp3) is 0.875. The molecule has 0 bridgehead atoms. The van der Waals surface area contributed by atoms with Crippen molar-refractivity contribution in [3.8, 4) is 0 Å². The van der Waals surface area contributed by atoms with Crippen molar-refractivity contribution >= 4 is 0 Å². The second-order valence-electron chi connectivity index (χ2n) is 6.34. The second-order valence-corrected chi connectivity index (χ2v) is 6.34. The van der Waals surface area contributed by atoms with E-state index in [0.717, 1.165) is 25.1 Å². The third-order valence-electron chi connectivity index (χ3n) is 4.53. The molecule has 0 aliphatic heterocycles. The summed E-state index contributed by atoms with van der Waals surface area (Å²) in [5.41, 5.74) is -0.318. The third-order valence-corrected chi connectivity index (χ3v) is 4.53. The van der Waals surface area contributed by atoms with Crippen LogP contribution in [0.25, 0.3) is 0 Å². The summed E-state index contributed by atoms with van der Waals surface area (Å²) in [7, 11) is 1.98. The van der Waals surface area contributed by atoms with Gasteiger partial charge >= 0.3 is 0 Å². The number of likely N-dealkylation sites (N-methyl/N-ethyl adjacent to an activating group) is 1. The van der Waals surface area contributed by atoms with Crippen LogP contribution in [0.5, 0.6) is 0 Å². The fourth-order valence-electron chi connectivity index (χ4n) is 3.21. The van der Waals surface area contributed by atoms with Crippen LogP contribution in [-0.4, -0.2) is 29.8 Å². The van der Waals surface area contributed by atoms with Crippen LogP contribution >= 0.6 is 0 Å². The maximum atomic E-state index is 6.05. The minimum atomic E-state index is -0.318. The molecule has 0 radical (unpaired) electrons. The van der Waals surface area contributed by atoms with Crippen molar-refractivity contribution in [2.45, 2.75) is 70.9 Å². The summed E-state index contributed by atoms with van der Waals surface area (Å²) in [6.07, 6.45) is 6.39. The van der Waals surface area contributed by atoms with E-state index < -0.39 is 0 Å². The lowest BCUT2D eigenvalue weighted by Crippen LogP contribution is -2.34. The van der Waals surface area contributed by atoms with E-state index in [2.05, 4.69) is 29.3 Å². The van der Waals surface area contributed by atoms with Crippen LogP contribution in [0.1, 0.15) is 64.6 Å². The van der Waals surface area contributed by atoms with Crippen molar-refractivity contribution in [3.63, 3.8) is 0 Å². The van der Waals surface area contributed by atoms with Gasteiger partial charge in [0.05, 0.1) is 0 Å². The molecule has 21 heavy (non-hydrogen) atoms. The van der Waals surface area contributed by atoms with Gasteiger partial charge in [-0.05, 0) is 32.7 Å². The lowest BCUT2D eigenvalue weighted by Gasteiger charge is -2.33. The van der Waals surface area contributed by atoms with Crippen LogP contribution in [0, 0.1) is 5.92 Å². The Labute approximate surface area is 127 Å². The second kappa shape index (κ2) is 7.36. The van der Waals surface area contributed by atoms with Crippen LogP contribution in [0.2, 0.25) is 0 Å². The van der Waals surface area contributed by atoms with Gasteiger partial charge in [0.1, 0.15) is 5.60 Å². The Hall–Kier alpha value is -0.940. The lowest BCUT2D eigenvalue weighted by atomic mass is 9.84. The van der Waals surface area contributed by atoms with Gasteiger partial charge in [0.25, 0.3) is 0 Å². The Morgan fingerprint density at radius 2 is 2.00 bits per heavy atom. The number of rotatable bonds is 7. The zero-order valence-electron chi connectivity index (χ0n) is 13.8. The molecule has 1 aromatic heterocycles. The van der Waals surface area contributed by atoms with E-state index in [1.54, 1.807) is 0 Å². The van der Waals surface area contributed by atoms with E-state index in [-0.39, 0.29) is 5.60 Å². The van der Waals surface area contributed by atoms with Crippen LogP contribution < -0.4 is 5.32 Å². The Balaban J connectivity index is 2.13. The molecule has 1 N–H and O–H groups in total. The Morgan fingerprint density at radius 1 is 1.29 bits per heavy atom. The van der Waals surface area contributed by atoms with Gasteiger partial charge < -0.3 is 14.6 Å². The summed E-state index contributed by atoms with van der Waals surface area (Å²) in [4.78, 5) is 4.65. The molecule has 1 atom stereocenters. The maximum Gasteiger partial charge on any atom is 0.228 e. The highest BCUT2D eigenvalue weighted by molar-refractivity contribution is 5.04. The van der Waals surface area contributed by atoms with Gasteiger partial charge in [-0.1, -0.05) is 38.3 Å². The molecule has 0 amide bonds. The molecule has 0 saturated heterocycles. The number of hydrogen-bond acceptors (Lipinski definition) is 5. The molecule has 0 aromatic carbocycles. The van der Waals surface area contributed by atoms with E-state index in [9.17, 15) is 0 Å². The summed E-state index contributed by atoms with van der Waals surface area (Å²) in [6, 6.07) is 0.354. The van der Waals surface area contributed by atoms with Crippen LogP contribution in [-0.2, 0) is 16.8 Å². The van der Waals surface area contributed by atoms with Crippen LogP contribution in [0.15, 0.2) is 4.52 Å². The van der Waals surface area contributed by atoms with Crippen molar-refractivity contribution in [1.29, 1.82) is 0 Å². The summed E-state index contributed by atoms with van der Waals surface area (Å²) < 4.78 is 11.5. The van der Waals surface area contributed by atoms with Crippen LogP contribution in [0.4, 0.5) is 0 Å². The van der Waals surface area contributed by atoms with Gasteiger partial charge in [-0.25, -0.2) is 0 Å². The van der Waals surface area contributed by atoms with Crippen molar-refractivity contribution in [1.82, 2.24) is 15.5 Å². The molecule has 1 unspecified atom stereocenters. The molecular weight excluding hydrogens is 266 g/mol. The predicted octanol–water partition coefficient (Wildman–Crippen LogP) is 3.05. The van der Waals surface area contributed by atoms with Crippen LogP contribution in [0.3, 0.4) is 0 Å². The molecule has 5 heteroatoms. The highest BCUT2D eigenvalue weighted by Gasteiger charge is 2.39. The van der Waals surface area contributed by atoms with Gasteiger partial charge in [0.15, 0.2) is 0 Å². The number of hydrogen-bond donors (Lipinski definition) is 1. The Kier molecular flexibility index (Phi) is 5.76. The number of ether oxygens (including phenoxy) is 1. The summed E-state index contributed by atoms with van der Waals surface area (Å²) in [5, 5.41) is 7.55. The fourth-order valence-corrected chi connectivity index (χ4v) is 3.21. The van der Waals surface area contributed by atoms with Gasteiger partial charge in [-0.15, -0.1) is 0 Å². The van der Waals surface area contributed by atoms with Crippen molar-refractivity contribution in [3.05, 3.63) is 11.7 Å². The van der Waals surface area contributed by atoms with Gasteiger partial charge in [0, 0.05) is 19.1 Å². The molecule has 1 heterocycles. The number of nitrogens with zero attached hydrogens (tertiary/aromatic N) is 2. The zero-order chi connectivity index (χ0) is 15.3. The number of aromatic nitrogens is 2. The molecule has 1 saturated carbocycles. The maximum absolute atomic E-state index is 6.05. The lowest BCUT2D eigenvalue weighted by molar-refractivity contribution is -0.0777. The number of nitrogens with one attached hydrogen (secondary N) is 1. The van der Waals surface area contributed by atoms with Gasteiger partial charge in [0.2, 0.25) is 11.7 Å². The summed E-state index contributed by atoms with van der Waals surface area (Å²) >= 11 is 0. The predicted molar refractivity (Wildman–Crippen MR) is 82.1 cm³/mol. The first-order valence-corrected chi connectivity index (χ1v) is 8.25. The monoisotopic (exact) mass is 295 g/mol. The molecule has 1 aliphatic carbocycles. The van der Waals surface area contributed by atoms with Crippen molar-refractivity contribution in [2.24, 2.45) is 5.92 Å². The molecule has 120 valence electrons. The third kappa shape index (κ3) is 3.83. The molecule has 1 aromatic rings. The standard InChI is InChI=1S/C16H29N3O2/c1-5-20-16(9-7-6-8-10-16)15-18-14(21-19-15)11-13(17-4)12(2)3/h12-13,17H,5-11H2,1-4H3. The molecule has 5 nitrogen and oxygen atoms in total. The minimum Gasteiger partial charge on any atom is -0.367 e. The quantitative estimate of drug-likeness (QED) is 0.837. The highest BCUT2D eigenvalue weighted by Crippen LogP contribution is 2.39. The average Bonchev–Trinajstić information content (AvgIpc) is 2.95. The Morgan fingerprint density at radius 3 is 2.57 bits per heavy atom. The molecule has 2 rings (SSSR count). The van der Waals surface area contributed by atoms with E-state index in [1.807, 2.05) is 14.0 Å². The molecule has 0 spiro atoms. The molecule has 1 aliphatic rings. The van der Waals surface area contributed by atoms with E-state index >= 15 is 0 Å². The van der Waals surface area contributed by atoms with E-state index in [4.69, 9.17) is 9.26 Å².